The zero-order valence-electron chi connectivity index (χ0n) is 18.7. The summed E-state index contributed by atoms with van der Waals surface area (Å²) in [5.74, 6) is 1.06. The van der Waals surface area contributed by atoms with E-state index in [1.54, 1.807) is 0 Å². The Morgan fingerprint density at radius 3 is 2.72 bits per heavy atom. The Kier molecular flexibility index (Phi) is 9.35. The van der Waals surface area contributed by atoms with E-state index in [2.05, 4.69) is 64.2 Å². The average Bonchev–Trinajstić information content (AvgIpc) is 3.23. The smallest absolute Gasteiger partial charge is 0.225 e. The Labute approximate surface area is 208 Å². The summed E-state index contributed by atoms with van der Waals surface area (Å²) in [7, 11) is 0. The number of benzene rings is 2. The zero-order valence-corrected chi connectivity index (χ0v) is 21.0. The number of amides is 1. The van der Waals surface area contributed by atoms with Crippen LogP contribution in [0.3, 0.4) is 0 Å². The van der Waals surface area contributed by atoms with Crippen LogP contribution in [0.4, 0.5) is 5.69 Å². The first-order chi connectivity index (χ1) is 15.2. The second-order valence-electron chi connectivity index (χ2n) is 8.39. The van der Waals surface area contributed by atoms with Crippen molar-refractivity contribution in [1.29, 1.82) is 0 Å². The Bertz CT molecular complexity index is 904. The Morgan fingerprint density at radius 2 is 1.91 bits per heavy atom. The highest BCUT2D eigenvalue weighted by Crippen LogP contribution is 2.31. The Balaban J connectivity index is 0.00000289. The lowest BCUT2D eigenvalue weighted by Crippen LogP contribution is -2.41. The fraction of sp³-hybridized carbons (Fsp3) is 0.440. The van der Waals surface area contributed by atoms with Gasteiger partial charge in [0.2, 0.25) is 5.91 Å². The number of nitrogens with one attached hydrogen (secondary N) is 3. The lowest BCUT2D eigenvalue weighted by molar-refractivity contribution is -0.116. The molecule has 0 aromatic heterocycles. The van der Waals surface area contributed by atoms with E-state index in [0.29, 0.717) is 19.0 Å². The van der Waals surface area contributed by atoms with E-state index in [1.807, 2.05) is 18.2 Å². The van der Waals surface area contributed by atoms with Gasteiger partial charge in [0.25, 0.3) is 0 Å². The number of aliphatic imine (C=N–C) groups is 1. The molecule has 2 atom stereocenters. The van der Waals surface area contributed by atoms with Crippen molar-refractivity contribution < 1.29 is 4.79 Å². The topological polar surface area (TPSA) is 68.8 Å². The van der Waals surface area contributed by atoms with Crippen LogP contribution in [0, 0.1) is 0 Å². The van der Waals surface area contributed by atoms with Gasteiger partial charge in [0.1, 0.15) is 0 Å². The molecule has 2 aliphatic heterocycles. The van der Waals surface area contributed by atoms with Gasteiger partial charge in [0, 0.05) is 43.7 Å². The van der Waals surface area contributed by atoms with Gasteiger partial charge in [-0.2, -0.15) is 0 Å². The summed E-state index contributed by atoms with van der Waals surface area (Å²) in [5, 5.41) is 9.82. The van der Waals surface area contributed by atoms with Crippen LogP contribution in [0.5, 0.6) is 0 Å². The van der Waals surface area contributed by atoms with Crippen LogP contribution in [0.1, 0.15) is 43.2 Å². The Hall–Kier alpha value is -2.13. The largest absolute Gasteiger partial charge is 0.357 e. The van der Waals surface area contributed by atoms with Gasteiger partial charge >= 0.3 is 0 Å². The number of carbonyl (C=O) groups is 1. The average molecular weight is 547 g/mol. The highest BCUT2D eigenvalue weighted by molar-refractivity contribution is 14.0. The summed E-state index contributed by atoms with van der Waals surface area (Å²) in [6.45, 7) is 6.48. The van der Waals surface area contributed by atoms with Crippen LogP contribution < -0.4 is 16.0 Å². The molecule has 6 nitrogen and oxygen atoms in total. The van der Waals surface area contributed by atoms with Gasteiger partial charge in [-0.3, -0.25) is 14.7 Å². The van der Waals surface area contributed by atoms with Crippen molar-refractivity contribution in [2.75, 3.05) is 31.5 Å². The number of anilines is 1. The second kappa shape index (κ2) is 12.2. The molecule has 0 radical (unpaired) electrons. The SMILES string of the molecule is CCNC(=NCC1CCCN1Cc1ccccc1)NCC1CC(=O)Nc2ccccc21.I. The molecule has 1 fully saturated rings. The summed E-state index contributed by atoms with van der Waals surface area (Å²) >= 11 is 0. The second-order valence-corrected chi connectivity index (χ2v) is 8.39. The molecule has 2 unspecified atom stereocenters. The van der Waals surface area contributed by atoms with E-state index in [4.69, 9.17) is 4.99 Å². The van der Waals surface area contributed by atoms with Gasteiger partial charge in [-0.15, -0.1) is 24.0 Å². The number of carbonyl (C=O) groups excluding carboxylic acids is 1. The van der Waals surface area contributed by atoms with E-state index in [9.17, 15) is 4.79 Å². The predicted octanol–water partition coefficient (Wildman–Crippen LogP) is 3.95. The van der Waals surface area contributed by atoms with Crippen LogP contribution in [-0.2, 0) is 11.3 Å². The number of halogens is 1. The predicted molar refractivity (Wildman–Crippen MR) is 142 cm³/mol. The fourth-order valence-corrected chi connectivity index (χ4v) is 4.57. The lowest BCUT2D eigenvalue weighted by Gasteiger charge is -2.27. The van der Waals surface area contributed by atoms with Crippen molar-refractivity contribution in [3.8, 4) is 0 Å². The number of guanidine groups is 1. The van der Waals surface area contributed by atoms with E-state index < -0.39 is 0 Å². The number of para-hydroxylation sites is 1. The fourth-order valence-electron chi connectivity index (χ4n) is 4.57. The molecular weight excluding hydrogens is 513 g/mol. The number of rotatable bonds is 7. The number of hydrogen-bond donors (Lipinski definition) is 3. The zero-order chi connectivity index (χ0) is 21.5. The maximum atomic E-state index is 12.1. The molecule has 2 aromatic rings. The van der Waals surface area contributed by atoms with Gasteiger partial charge in [0.15, 0.2) is 5.96 Å². The third kappa shape index (κ3) is 6.45. The molecule has 1 amide bonds. The minimum absolute atomic E-state index is 0. The van der Waals surface area contributed by atoms with Crippen molar-refractivity contribution in [3.05, 3.63) is 65.7 Å². The van der Waals surface area contributed by atoms with Crippen molar-refractivity contribution in [2.45, 2.75) is 44.7 Å². The van der Waals surface area contributed by atoms with Crippen molar-refractivity contribution in [1.82, 2.24) is 15.5 Å². The lowest BCUT2D eigenvalue weighted by atomic mass is 9.90. The monoisotopic (exact) mass is 547 g/mol. The van der Waals surface area contributed by atoms with Gasteiger partial charge in [-0.25, -0.2) is 0 Å². The first kappa shape index (κ1) is 24.5. The Morgan fingerprint density at radius 1 is 1.12 bits per heavy atom. The van der Waals surface area contributed by atoms with Gasteiger partial charge in [-0.1, -0.05) is 48.5 Å². The van der Waals surface area contributed by atoms with Crippen molar-refractivity contribution in [2.24, 2.45) is 4.99 Å². The molecule has 172 valence electrons. The number of fused-ring (bicyclic) bond motifs is 1. The highest BCUT2D eigenvalue weighted by Gasteiger charge is 2.26. The molecule has 0 aliphatic carbocycles. The van der Waals surface area contributed by atoms with Crippen LogP contribution in [0.25, 0.3) is 0 Å². The third-order valence-electron chi connectivity index (χ3n) is 6.15. The molecule has 0 bridgehead atoms. The minimum Gasteiger partial charge on any atom is -0.357 e. The summed E-state index contributed by atoms with van der Waals surface area (Å²) in [5.41, 5.74) is 3.47. The highest BCUT2D eigenvalue weighted by atomic mass is 127. The summed E-state index contributed by atoms with van der Waals surface area (Å²) in [6, 6.07) is 19.2. The number of hydrogen-bond acceptors (Lipinski definition) is 3. The van der Waals surface area contributed by atoms with E-state index in [1.165, 1.54) is 24.0 Å². The molecule has 0 saturated carbocycles. The molecule has 2 heterocycles. The molecule has 7 heteroatoms. The molecule has 0 spiro atoms. The van der Waals surface area contributed by atoms with E-state index in [-0.39, 0.29) is 35.8 Å². The summed E-state index contributed by atoms with van der Waals surface area (Å²) in [4.78, 5) is 19.5. The maximum absolute atomic E-state index is 12.1. The van der Waals surface area contributed by atoms with Crippen molar-refractivity contribution in [3.63, 3.8) is 0 Å². The van der Waals surface area contributed by atoms with Gasteiger partial charge < -0.3 is 16.0 Å². The molecule has 2 aliphatic rings. The third-order valence-corrected chi connectivity index (χ3v) is 6.15. The first-order valence-corrected chi connectivity index (χ1v) is 11.4. The van der Waals surface area contributed by atoms with Crippen LogP contribution in [-0.4, -0.2) is 49.0 Å². The van der Waals surface area contributed by atoms with E-state index >= 15 is 0 Å². The molecule has 4 rings (SSSR count). The quantitative estimate of drug-likeness (QED) is 0.279. The van der Waals surface area contributed by atoms with E-state index in [0.717, 1.165) is 37.8 Å². The number of likely N-dealkylation sites (tertiary alicyclic amines) is 1. The molecular formula is C25H34IN5O. The minimum atomic E-state index is 0. The standard InChI is InChI=1S/C25H33N5O.HI/c1-2-26-25(27-16-20-15-24(31)29-23-13-7-6-12-22(20)23)28-17-21-11-8-14-30(21)18-19-9-4-3-5-10-19;/h3-7,9-10,12-13,20-21H,2,8,11,14-18H2,1H3,(H,29,31)(H2,26,27,28);1H. The normalized spacial score (nSPS) is 20.8. The van der Waals surface area contributed by atoms with Gasteiger partial charge in [-0.05, 0) is 43.5 Å². The molecule has 3 N–H and O–H groups in total. The first-order valence-electron chi connectivity index (χ1n) is 11.4. The van der Waals surface area contributed by atoms with Crippen LogP contribution in [0.15, 0.2) is 59.6 Å². The number of nitrogens with zero attached hydrogens (tertiary/aromatic N) is 2. The molecule has 1 saturated heterocycles. The van der Waals surface area contributed by atoms with Crippen LogP contribution >= 0.6 is 24.0 Å². The summed E-state index contributed by atoms with van der Waals surface area (Å²) < 4.78 is 0. The maximum Gasteiger partial charge on any atom is 0.225 e. The molecule has 2 aromatic carbocycles. The van der Waals surface area contributed by atoms with Gasteiger partial charge in [0.05, 0.1) is 6.54 Å². The summed E-state index contributed by atoms with van der Waals surface area (Å²) in [6.07, 6.45) is 2.91. The van der Waals surface area contributed by atoms with Crippen molar-refractivity contribution >= 4 is 41.5 Å². The molecule has 32 heavy (non-hydrogen) atoms. The van der Waals surface area contributed by atoms with Crippen LogP contribution in [0.2, 0.25) is 0 Å².